The number of rotatable bonds is 8. The van der Waals surface area contributed by atoms with Crippen LogP contribution in [0.5, 0.6) is 0 Å². The molecule has 0 atom stereocenters. The number of likely N-dealkylation sites (N-methyl/N-ethyl adjacent to an activating group) is 1. The Morgan fingerprint density at radius 2 is 1.83 bits per heavy atom. The fourth-order valence-electron chi connectivity index (χ4n) is 4.54. The molecule has 2 aliphatic rings. The van der Waals surface area contributed by atoms with Crippen LogP contribution in [0.2, 0.25) is 0 Å². The van der Waals surface area contributed by atoms with Crippen LogP contribution in [0, 0.1) is 11.8 Å². The molecule has 0 bridgehead atoms. The molecule has 2 fully saturated rings. The van der Waals surface area contributed by atoms with Gasteiger partial charge in [0.15, 0.2) is 0 Å². The average Bonchev–Trinajstić information content (AvgIpc) is 3.15. The molecule has 0 spiro atoms. The van der Waals surface area contributed by atoms with Gasteiger partial charge in [0.1, 0.15) is 0 Å². The quantitative estimate of drug-likeness (QED) is 0.699. The lowest BCUT2D eigenvalue weighted by Gasteiger charge is -2.29. The third-order valence-electron chi connectivity index (χ3n) is 6.34. The van der Waals surface area contributed by atoms with Crippen molar-refractivity contribution in [2.24, 2.45) is 11.8 Å². The first-order valence-corrected chi connectivity index (χ1v) is 11.3. The Balaban J connectivity index is 1.36. The van der Waals surface area contributed by atoms with Gasteiger partial charge in [-0.05, 0) is 58.5 Å². The van der Waals surface area contributed by atoms with Crippen molar-refractivity contribution in [3.8, 4) is 0 Å². The molecule has 1 aromatic heterocycles. The third-order valence-corrected chi connectivity index (χ3v) is 6.34. The summed E-state index contributed by atoms with van der Waals surface area (Å²) in [6.45, 7) is 1.71. The summed E-state index contributed by atoms with van der Waals surface area (Å²) in [7, 11) is 4.06. The molecular formula is C22H37N5O2. The molecule has 0 radical (unpaired) electrons. The molecule has 162 valence electrons. The number of nitrogens with zero attached hydrogens (tertiary/aromatic N) is 3. The number of nitrogens with one attached hydrogen (secondary N) is 2. The van der Waals surface area contributed by atoms with Crippen LogP contribution < -0.4 is 10.6 Å². The van der Waals surface area contributed by atoms with Crippen LogP contribution in [0.25, 0.3) is 0 Å². The molecule has 2 amide bonds. The lowest BCUT2D eigenvalue weighted by molar-refractivity contribution is -0.123. The monoisotopic (exact) mass is 403 g/mol. The molecular weight excluding hydrogens is 366 g/mol. The van der Waals surface area contributed by atoms with Gasteiger partial charge in [-0.3, -0.25) is 14.3 Å². The van der Waals surface area contributed by atoms with Crippen LogP contribution in [-0.2, 0) is 16.1 Å². The third kappa shape index (κ3) is 7.14. The summed E-state index contributed by atoms with van der Waals surface area (Å²) in [6, 6.07) is 0.226. The molecule has 0 aromatic carbocycles. The number of hydrogen-bond donors (Lipinski definition) is 2. The molecule has 1 aromatic rings. The number of amides is 2. The maximum Gasteiger partial charge on any atom is 0.227 e. The largest absolute Gasteiger partial charge is 0.353 e. The number of aromatic nitrogens is 2. The number of carbonyl (C=O) groups excluding carboxylic acids is 2. The van der Waals surface area contributed by atoms with Gasteiger partial charge in [-0.15, -0.1) is 0 Å². The Labute approximate surface area is 174 Å². The number of anilines is 1. The zero-order chi connectivity index (χ0) is 20.6. The minimum absolute atomic E-state index is 0.0200. The van der Waals surface area contributed by atoms with E-state index < -0.39 is 0 Å². The van der Waals surface area contributed by atoms with Crippen LogP contribution in [0.1, 0.15) is 64.2 Å². The van der Waals surface area contributed by atoms with Crippen molar-refractivity contribution >= 4 is 17.5 Å². The van der Waals surface area contributed by atoms with E-state index in [4.69, 9.17) is 0 Å². The molecule has 1 heterocycles. The zero-order valence-corrected chi connectivity index (χ0v) is 18.0. The molecule has 2 saturated carbocycles. The fourth-order valence-corrected chi connectivity index (χ4v) is 4.54. The fraction of sp³-hybridized carbons (Fsp3) is 0.773. The van der Waals surface area contributed by atoms with Gasteiger partial charge >= 0.3 is 0 Å². The van der Waals surface area contributed by atoms with Crippen LogP contribution in [0.4, 0.5) is 5.69 Å². The predicted molar refractivity (Wildman–Crippen MR) is 114 cm³/mol. The van der Waals surface area contributed by atoms with Crippen molar-refractivity contribution < 1.29 is 9.59 Å². The summed E-state index contributed by atoms with van der Waals surface area (Å²) >= 11 is 0. The smallest absolute Gasteiger partial charge is 0.227 e. The molecule has 7 heteroatoms. The Morgan fingerprint density at radius 3 is 2.52 bits per heavy atom. The van der Waals surface area contributed by atoms with Crippen LogP contribution in [0.3, 0.4) is 0 Å². The molecule has 29 heavy (non-hydrogen) atoms. The van der Waals surface area contributed by atoms with Crippen molar-refractivity contribution in [2.45, 2.75) is 76.8 Å². The topological polar surface area (TPSA) is 79.3 Å². The van der Waals surface area contributed by atoms with Gasteiger partial charge in [0, 0.05) is 31.1 Å². The molecule has 0 unspecified atom stereocenters. The minimum Gasteiger partial charge on any atom is -0.353 e. The standard InChI is InChI=1S/C22H37N5O2/c1-26(2)12-13-27-16-20(15-23-27)25-22(29)18-8-10-19(11-9-18)24-21(28)14-17-6-4-3-5-7-17/h15-19H,3-14H2,1-2H3,(H,24,28)(H,25,29). The SMILES string of the molecule is CN(C)CCn1cc(NC(=O)C2CCC(NC(=O)CC3CCCCC3)CC2)cn1. The van der Waals surface area contributed by atoms with Crippen molar-refractivity contribution in [3.63, 3.8) is 0 Å². The van der Waals surface area contributed by atoms with Gasteiger partial charge in [-0.1, -0.05) is 19.3 Å². The normalized spacial score (nSPS) is 23.1. The van der Waals surface area contributed by atoms with E-state index in [1.165, 1.54) is 32.1 Å². The van der Waals surface area contributed by atoms with E-state index in [1.54, 1.807) is 6.20 Å². The van der Waals surface area contributed by atoms with Gasteiger partial charge in [-0.2, -0.15) is 5.10 Å². The first-order valence-electron chi connectivity index (χ1n) is 11.3. The second-order valence-electron chi connectivity index (χ2n) is 9.11. The molecule has 0 aliphatic heterocycles. The highest BCUT2D eigenvalue weighted by Crippen LogP contribution is 2.28. The van der Waals surface area contributed by atoms with Crippen LogP contribution in [0.15, 0.2) is 12.4 Å². The molecule has 2 N–H and O–H groups in total. The predicted octanol–water partition coefficient (Wildman–Crippen LogP) is 3.03. The Hall–Kier alpha value is -1.89. The van der Waals surface area contributed by atoms with Crippen molar-refractivity contribution in [1.82, 2.24) is 20.0 Å². The molecule has 7 nitrogen and oxygen atoms in total. The van der Waals surface area contributed by atoms with Gasteiger partial charge in [-0.25, -0.2) is 0 Å². The van der Waals surface area contributed by atoms with Crippen molar-refractivity contribution in [3.05, 3.63) is 12.4 Å². The second-order valence-corrected chi connectivity index (χ2v) is 9.11. The minimum atomic E-state index is 0.0200. The average molecular weight is 404 g/mol. The second kappa shape index (κ2) is 10.8. The van der Waals surface area contributed by atoms with Gasteiger partial charge in [0.05, 0.1) is 18.4 Å². The summed E-state index contributed by atoms with van der Waals surface area (Å²) < 4.78 is 1.86. The summed E-state index contributed by atoms with van der Waals surface area (Å²) in [5.41, 5.74) is 0.761. The Morgan fingerprint density at radius 1 is 1.10 bits per heavy atom. The summed E-state index contributed by atoms with van der Waals surface area (Å²) in [6.07, 6.45) is 14.0. The molecule has 3 rings (SSSR count). The van der Waals surface area contributed by atoms with Crippen LogP contribution >= 0.6 is 0 Å². The van der Waals surface area contributed by atoms with E-state index in [0.29, 0.717) is 12.3 Å². The van der Waals surface area contributed by atoms with Gasteiger partial charge in [0.25, 0.3) is 0 Å². The highest BCUT2D eigenvalue weighted by atomic mass is 16.2. The Bertz CT molecular complexity index is 658. The molecule has 0 saturated heterocycles. The lowest BCUT2D eigenvalue weighted by Crippen LogP contribution is -2.40. The van der Waals surface area contributed by atoms with Gasteiger partial charge in [0.2, 0.25) is 11.8 Å². The highest BCUT2D eigenvalue weighted by molar-refractivity contribution is 5.92. The summed E-state index contributed by atoms with van der Waals surface area (Å²) in [5, 5.41) is 10.5. The number of hydrogen-bond acceptors (Lipinski definition) is 4. The van der Waals surface area contributed by atoms with E-state index in [9.17, 15) is 9.59 Å². The number of carbonyl (C=O) groups is 2. The van der Waals surface area contributed by atoms with Crippen molar-refractivity contribution in [1.29, 1.82) is 0 Å². The summed E-state index contributed by atoms with van der Waals surface area (Å²) in [4.78, 5) is 27.0. The Kier molecular flexibility index (Phi) is 8.09. The van der Waals surface area contributed by atoms with Crippen LogP contribution in [-0.4, -0.2) is 53.2 Å². The van der Waals surface area contributed by atoms with Crippen molar-refractivity contribution in [2.75, 3.05) is 26.0 Å². The van der Waals surface area contributed by atoms with E-state index in [-0.39, 0.29) is 23.8 Å². The first kappa shape index (κ1) is 21.8. The first-order chi connectivity index (χ1) is 14.0. The lowest BCUT2D eigenvalue weighted by atomic mass is 9.84. The maximum absolute atomic E-state index is 12.6. The molecule has 2 aliphatic carbocycles. The maximum atomic E-state index is 12.6. The van der Waals surface area contributed by atoms with Gasteiger partial charge < -0.3 is 15.5 Å². The van der Waals surface area contributed by atoms with E-state index in [0.717, 1.165) is 44.5 Å². The van der Waals surface area contributed by atoms with E-state index in [2.05, 4.69) is 20.6 Å². The van der Waals surface area contributed by atoms with E-state index in [1.807, 2.05) is 25.0 Å². The zero-order valence-electron chi connectivity index (χ0n) is 18.0. The van der Waals surface area contributed by atoms with E-state index >= 15 is 0 Å². The summed E-state index contributed by atoms with van der Waals surface area (Å²) in [5.74, 6) is 0.871. The highest BCUT2D eigenvalue weighted by Gasteiger charge is 2.28.